The van der Waals surface area contributed by atoms with Crippen molar-refractivity contribution in [3.05, 3.63) is 94.0 Å². The molecule has 1 aromatic heterocycles. The Morgan fingerprint density at radius 3 is 2.34 bits per heavy atom. The van der Waals surface area contributed by atoms with Crippen molar-refractivity contribution in [3.63, 3.8) is 0 Å². The highest BCUT2D eigenvalue weighted by Crippen LogP contribution is 2.36. The molecule has 0 amide bonds. The highest BCUT2D eigenvalue weighted by Gasteiger charge is 2.30. The van der Waals surface area contributed by atoms with Crippen molar-refractivity contribution in [3.8, 4) is 22.1 Å². The van der Waals surface area contributed by atoms with Gasteiger partial charge in [0.1, 0.15) is 23.1 Å². The second-order valence-corrected chi connectivity index (χ2v) is 10.6. The fraction of sp³-hybridized carbons (Fsp3) is 0.214. The highest BCUT2D eigenvalue weighted by atomic mass is 32.2. The van der Waals surface area contributed by atoms with E-state index in [1.165, 1.54) is 23.5 Å². The van der Waals surface area contributed by atoms with E-state index in [2.05, 4.69) is 0 Å². The van der Waals surface area contributed by atoms with E-state index in [-0.39, 0.29) is 6.61 Å². The molecule has 0 atom stereocenters. The molecule has 1 N–H and O–H groups in total. The first-order valence-corrected chi connectivity index (χ1v) is 13.3. The van der Waals surface area contributed by atoms with Gasteiger partial charge in [-0.25, -0.2) is 9.78 Å². The maximum atomic E-state index is 13.0. The minimum absolute atomic E-state index is 0.219. The first-order chi connectivity index (χ1) is 18.1. The second-order valence-electron chi connectivity index (χ2n) is 8.46. The summed E-state index contributed by atoms with van der Waals surface area (Å²) in [5.41, 5.74) is 2.54. The molecule has 0 bridgehead atoms. The monoisotopic (exact) mass is 559 g/mol. The van der Waals surface area contributed by atoms with Crippen LogP contribution in [0.2, 0.25) is 0 Å². The van der Waals surface area contributed by atoms with Crippen molar-refractivity contribution in [2.45, 2.75) is 37.3 Å². The van der Waals surface area contributed by atoms with E-state index in [0.29, 0.717) is 27.8 Å². The van der Waals surface area contributed by atoms with Crippen molar-refractivity contribution in [2.75, 3.05) is 6.61 Å². The first-order valence-electron chi connectivity index (χ1n) is 11.5. The number of carbonyl (C=O) groups is 1. The lowest BCUT2D eigenvalue weighted by Gasteiger charge is -2.09. The fourth-order valence-electron chi connectivity index (χ4n) is 3.48. The molecule has 0 radical (unpaired) electrons. The molecular formula is C28H24F3NO4S2. The molecule has 38 heavy (non-hydrogen) atoms. The summed E-state index contributed by atoms with van der Waals surface area (Å²) in [7, 11) is 0. The van der Waals surface area contributed by atoms with Crippen LogP contribution in [0.3, 0.4) is 0 Å². The molecule has 0 spiro atoms. The van der Waals surface area contributed by atoms with Crippen LogP contribution in [0.1, 0.15) is 27.3 Å². The Morgan fingerprint density at radius 1 is 1.00 bits per heavy atom. The van der Waals surface area contributed by atoms with Crippen molar-refractivity contribution in [1.29, 1.82) is 0 Å². The van der Waals surface area contributed by atoms with Crippen LogP contribution in [-0.2, 0) is 23.3 Å². The van der Waals surface area contributed by atoms with Crippen molar-refractivity contribution < 1.29 is 32.5 Å². The summed E-state index contributed by atoms with van der Waals surface area (Å²) < 4.78 is 50.3. The van der Waals surface area contributed by atoms with Gasteiger partial charge in [-0.05, 0) is 61.9 Å². The van der Waals surface area contributed by atoms with E-state index in [1.54, 1.807) is 17.8 Å². The molecule has 0 aliphatic carbocycles. The molecule has 1 heterocycles. The van der Waals surface area contributed by atoms with Crippen LogP contribution in [0.4, 0.5) is 13.2 Å². The number of nitrogens with zero attached hydrogens (tertiary/aromatic N) is 1. The standard InChI is InChI=1S/C28H24F3NO4S2/c1-17-3-9-21(10-4-17)35-14-23-25(16-37-22-11-12-24(18(2)13-22)36-15-26(33)34)38-27(32-23)19-5-7-20(8-6-19)28(29,30)31/h3-13H,14-16H2,1-2H3,(H,33,34). The maximum Gasteiger partial charge on any atom is 0.416 e. The Balaban J connectivity index is 1.54. The number of hydrogen-bond donors (Lipinski definition) is 1. The quantitative estimate of drug-likeness (QED) is 0.200. The van der Waals surface area contributed by atoms with Crippen molar-refractivity contribution in [2.24, 2.45) is 0 Å². The highest BCUT2D eigenvalue weighted by molar-refractivity contribution is 7.98. The predicted molar refractivity (Wildman–Crippen MR) is 142 cm³/mol. The molecule has 0 saturated heterocycles. The summed E-state index contributed by atoms with van der Waals surface area (Å²) >= 11 is 2.99. The Morgan fingerprint density at radius 2 is 1.71 bits per heavy atom. The molecule has 0 saturated carbocycles. The van der Waals surface area contributed by atoms with Gasteiger partial charge in [-0.15, -0.1) is 23.1 Å². The van der Waals surface area contributed by atoms with E-state index < -0.39 is 24.3 Å². The summed E-state index contributed by atoms with van der Waals surface area (Å²) in [6.45, 7) is 3.64. The first kappa shape index (κ1) is 27.5. The Hall–Kier alpha value is -3.50. The van der Waals surface area contributed by atoms with E-state index >= 15 is 0 Å². The molecule has 3 aromatic carbocycles. The number of ether oxygens (including phenoxy) is 2. The van der Waals surface area contributed by atoms with Crippen LogP contribution < -0.4 is 9.47 Å². The van der Waals surface area contributed by atoms with Gasteiger partial charge in [-0.1, -0.05) is 29.8 Å². The van der Waals surface area contributed by atoms with Gasteiger partial charge in [-0.3, -0.25) is 0 Å². The van der Waals surface area contributed by atoms with E-state index in [9.17, 15) is 18.0 Å². The van der Waals surface area contributed by atoms with Gasteiger partial charge in [0, 0.05) is 21.1 Å². The van der Waals surface area contributed by atoms with Crippen molar-refractivity contribution >= 4 is 29.1 Å². The van der Waals surface area contributed by atoms with Crippen LogP contribution in [0, 0.1) is 13.8 Å². The van der Waals surface area contributed by atoms with Crippen LogP contribution in [0.15, 0.2) is 71.6 Å². The number of carboxylic acid groups (broad SMARTS) is 1. The van der Waals surface area contributed by atoms with E-state index in [4.69, 9.17) is 19.6 Å². The number of aliphatic carboxylic acids is 1. The molecule has 0 aliphatic rings. The zero-order valence-electron chi connectivity index (χ0n) is 20.5. The Labute approximate surface area is 226 Å². The smallest absolute Gasteiger partial charge is 0.416 e. The second kappa shape index (κ2) is 11.9. The third-order valence-electron chi connectivity index (χ3n) is 5.50. The molecule has 0 aliphatic heterocycles. The van der Waals surface area contributed by atoms with Gasteiger partial charge in [0.15, 0.2) is 6.61 Å². The van der Waals surface area contributed by atoms with Gasteiger partial charge in [0.25, 0.3) is 0 Å². The van der Waals surface area contributed by atoms with Gasteiger partial charge in [0.05, 0.1) is 11.3 Å². The number of aromatic nitrogens is 1. The van der Waals surface area contributed by atoms with Gasteiger partial charge in [-0.2, -0.15) is 13.2 Å². The third-order valence-corrected chi connectivity index (χ3v) is 7.85. The number of halogens is 3. The molecular weight excluding hydrogens is 535 g/mol. The number of alkyl halides is 3. The number of rotatable bonds is 10. The molecule has 0 fully saturated rings. The maximum absolute atomic E-state index is 13.0. The predicted octanol–water partition coefficient (Wildman–Crippen LogP) is 7.78. The largest absolute Gasteiger partial charge is 0.487 e. The zero-order chi connectivity index (χ0) is 27.3. The normalized spacial score (nSPS) is 11.4. The summed E-state index contributed by atoms with van der Waals surface area (Å²) in [5, 5.41) is 9.44. The lowest BCUT2D eigenvalue weighted by Crippen LogP contribution is -2.09. The molecule has 10 heteroatoms. The Bertz CT molecular complexity index is 1400. The fourth-order valence-corrected chi connectivity index (χ4v) is 5.65. The lowest BCUT2D eigenvalue weighted by atomic mass is 10.1. The average Bonchev–Trinajstić information content (AvgIpc) is 3.29. The summed E-state index contributed by atoms with van der Waals surface area (Å²) in [6, 6.07) is 18.2. The SMILES string of the molecule is Cc1ccc(OCc2nc(-c3ccc(C(F)(F)F)cc3)sc2CSc2ccc(OCC(=O)O)c(C)c2)cc1. The minimum atomic E-state index is -4.40. The number of carboxylic acids is 1. The van der Waals surface area contributed by atoms with E-state index in [1.807, 2.05) is 50.2 Å². The van der Waals surface area contributed by atoms with Gasteiger partial charge >= 0.3 is 12.1 Å². The summed E-state index contributed by atoms with van der Waals surface area (Å²) in [6.07, 6.45) is -4.40. The minimum Gasteiger partial charge on any atom is -0.487 e. The molecule has 4 rings (SSSR count). The zero-order valence-corrected chi connectivity index (χ0v) is 22.2. The Kier molecular flexibility index (Phi) is 8.63. The molecule has 198 valence electrons. The molecule has 4 aromatic rings. The number of hydrogen-bond acceptors (Lipinski definition) is 6. The van der Waals surface area contributed by atoms with Gasteiger partial charge < -0.3 is 14.6 Å². The van der Waals surface area contributed by atoms with Crippen molar-refractivity contribution in [1.82, 2.24) is 4.98 Å². The summed E-state index contributed by atoms with van der Waals surface area (Å²) in [5.74, 6) is 0.731. The van der Waals surface area contributed by atoms with Crippen LogP contribution >= 0.6 is 23.1 Å². The topological polar surface area (TPSA) is 68.7 Å². The third kappa shape index (κ3) is 7.29. The van der Waals surface area contributed by atoms with Crippen LogP contribution in [0.25, 0.3) is 10.6 Å². The number of benzene rings is 3. The summed E-state index contributed by atoms with van der Waals surface area (Å²) in [4.78, 5) is 17.4. The molecule has 5 nitrogen and oxygen atoms in total. The van der Waals surface area contributed by atoms with Crippen LogP contribution in [0.5, 0.6) is 11.5 Å². The van der Waals surface area contributed by atoms with E-state index in [0.717, 1.165) is 38.7 Å². The number of aryl methyl sites for hydroxylation is 2. The lowest BCUT2D eigenvalue weighted by molar-refractivity contribution is -0.139. The molecule has 0 unspecified atom stereocenters. The average molecular weight is 560 g/mol. The number of thioether (sulfide) groups is 1. The van der Waals surface area contributed by atoms with Crippen LogP contribution in [-0.4, -0.2) is 22.7 Å². The van der Waals surface area contributed by atoms with Gasteiger partial charge in [0.2, 0.25) is 0 Å². The number of thiazole rings is 1.